The fourth-order valence-electron chi connectivity index (χ4n) is 3.13. The van der Waals surface area contributed by atoms with E-state index in [1.807, 2.05) is 0 Å². The predicted molar refractivity (Wildman–Crippen MR) is 81.3 cm³/mol. The highest BCUT2D eigenvalue weighted by Crippen LogP contribution is 2.27. The van der Waals surface area contributed by atoms with Crippen LogP contribution in [0.1, 0.15) is 71.6 Å². The minimum atomic E-state index is -0.846. The van der Waals surface area contributed by atoms with E-state index >= 15 is 0 Å². The van der Waals surface area contributed by atoms with E-state index in [-0.39, 0.29) is 24.6 Å². The zero-order chi connectivity index (χ0) is 15.7. The highest BCUT2D eigenvalue weighted by atomic mass is 16.6. The fourth-order valence-corrected chi connectivity index (χ4v) is 3.13. The highest BCUT2D eigenvalue weighted by molar-refractivity contribution is 5.71. The minimum Gasteiger partial charge on any atom is -0.481 e. The first-order valence-electron chi connectivity index (χ1n) is 8.27. The Bertz CT molecular complexity index is 326. The SMILES string of the molecule is CCCCC(CC(=O)O)N(C(=O)OCC)C1CCCCC1. The molecule has 1 amide bonds. The van der Waals surface area contributed by atoms with Gasteiger partial charge in [0.1, 0.15) is 0 Å². The maximum atomic E-state index is 12.3. The zero-order valence-corrected chi connectivity index (χ0v) is 13.3. The summed E-state index contributed by atoms with van der Waals surface area (Å²) in [6.45, 7) is 4.19. The van der Waals surface area contributed by atoms with Gasteiger partial charge < -0.3 is 14.7 Å². The van der Waals surface area contributed by atoms with Gasteiger partial charge in [-0.3, -0.25) is 4.79 Å². The fraction of sp³-hybridized carbons (Fsp3) is 0.875. The largest absolute Gasteiger partial charge is 0.481 e. The van der Waals surface area contributed by atoms with E-state index < -0.39 is 5.97 Å². The number of aliphatic carboxylic acids is 1. The number of nitrogens with zero attached hydrogens (tertiary/aromatic N) is 1. The lowest BCUT2D eigenvalue weighted by atomic mass is 9.92. The second-order valence-electron chi connectivity index (χ2n) is 5.79. The van der Waals surface area contributed by atoms with Crippen molar-refractivity contribution < 1.29 is 19.4 Å². The Labute approximate surface area is 127 Å². The van der Waals surface area contributed by atoms with Gasteiger partial charge in [0.05, 0.1) is 13.0 Å². The van der Waals surface area contributed by atoms with Gasteiger partial charge >= 0.3 is 12.1 Å². The Morgan fingerprint density at radius 3 is 2.43 bits per heavy atom. The molecule has 122 valence electrons. The Hall–Kier alpha value is -1.26. The molecule has 5 heteroatoms. The summed E-state index contributed by atoms with van der Waals surface area (Å²) < 4.78 is 5.19. The number of hydrogen-bond acceptors (Lipinski definition) is 3. The van der Waals surface area contributed by atoms with Gasteiger partial charge in [-0.1, -0.05) is 39.0 Å². The van der Waals surface area contributed by atoms with Gasteiger partial charge in [0, 0.05) is 12.1 Å². The molecule has 0 aromatic rings. The second-order valence-corrected chi connectivity index (χ2v) is 5.79. The van der Waals surface area contributed by atoms with Crippen LogP contribution in [0.3, 0.4) is 0 Å². The lowest BCUT2D eigenvalue weighted by Gasteiger charge is -2.38. The number of rotatable bonds is 8. The summed E-state index contributed by atoms with van der Waals surface area (Å²) in [4.78, 5) is 25.2. The molecule has 1 atom stereocenters. The van der Waals surface area contributed by atoms with Crippen molar-refractivity contribution in [2.75, 3.05) is 6.61 Å². The van der Waals surface area contributed by atoms with Crippen LogP contribution in [-0.2, 0) is 9.53 Å². The highest BCUT2D eigenvalue weighted by Gasteiger charge is 2.33. The molecule has 5 nitrogen and oxygen atoms in total. The molecule has 1 aliphatic rings. The van der Waals surface area contributed by atoms with Crippen LogP contribution in [0.15, 0.2) is 0 Å². The van der Waals surface area contributed by atoms with Crippen molar-refractivity contribution in [3.8, 4) is 0 Å². The number of hydrogen-bond donors (Lipinski definition) is 1. The van der Waals surface area contributed by atoms with Crippen molar-refractivity contribution in [2.24, 2.45) is 0 Å². The topological polar surface area (TPSA) is 66.8 Å². The molecular weight excluding hydrogens is 270 g/mol. The van der Waals surface area contributed by atoms with E-state index in [4.69, 9.17) is 9.84 Å². The number of amides is 1. The first-order valence-corrected chi connectivity index (χ1v) is 8.27. The summed E-state index contributed by atoms with van der Waals surface area (Å²) >= 11 is 0. The third-order valence-corrected chi connectivity index (χ3v) is 4.14. The lowest BCUT2D eigenvalue weighted by molar-refractivity contribution is -0.138. The van der Waals surface area contributed by atoms with Crippen LogP contribution >= 0.6 is 0 Å². The number of ether oxygens (including phenoxy) is 1. The van der Waals surface area contributed by atoms with E-state index in [1.165, 1.54) is 6.42 Å². The van der Waals surface area contributed by atoms with E-state index in [9.17, 15) is 9.59 Å². The maximum absolute atomic E-state index is 12.3. The Balaban J connectivity index is 2.86. The molecule has 1 unspecified atom stereocenters. The molecule has 0 aliphatic heterocycles. The van der Waals surface area contributed by atoms with Crippen molar-refractivity contribution in [1.29, 1.82) is 0 Å². The average molecular weight is 299 g/mol. The third-order valence-electron chi connectivity index (χ3n) is 4.14. The molecule has 1 N–H and O–H groups in total. The Morgan fingerprint density at radius 1 is 1.24 bits per heavy atom. The molecule has 1 rings (SSSR count). The zero-order valence-electron chi connectivity index (χ0n) is 13.3. The normalized spacial score (nSPS) is 17.2. The molecule has 0 heterocycles. The number of carboxylic acids is 1. The van der Waals surface area contributed by atoms with Crippen LogP contribution in [0.5, 0.6) is 0 Å². The van der Waals surface area contributed by atoms with Crippen LogP contribution in [-0.4, -0.2) is 40.8 Å². The van der Waals surface area contributed by atoms with Crippen molar-refractivity contribution >= 4 is 12.1 Å². The minimum absolute atomic E-state index is 0.00924. The smallest absolute Gasteiger partial charge is 0.410 e. The molecule has 0 bridgehead atoms. The molecule has 0 aromatic heterocycles. The monoisotopic (exact) mass is 299 g/mol. The second kappa shape index (κ2) is 9.64. The molecular formula is C16H29NO4. The summed E-state index contributed by atoms with van der Waals surface area (Å²) in [7, 11) is 0. The first kappa shape index (κ1) is 17.8. The number of carbonyl (C=O) groups excluding carboxylic acids is 1. The van der Waals surface area contributed by atoms with Crippen LogP contribution in [0.2, 0.25) is 0 Å². The van der Waals surface area contributed by atoms with Crippen molar-refractivity contribution in [1.82, 2.24) is 4.90 Å². The molecule has 1 fully saturated rings. The molecule has 0 spiro atoms. The first-order chi connectivity index (χ1) is 10.1. The summed E-state index contributed by atoms with van der Waals surface area (Å²) in [5.74, 6) is -0.846. The van der Waals surface area contributed by atoms with Crippen LogP contribution in [0, 0.1) is 0 Å². The summed E-state index contributed by atoms with van der Waals surface area (Å²) in [6.07, 6.45) is 7.66. The molecule has 21 heavy (non-hydrogen) atoms. The van der Waals surface area contributed by atoms with E-state index in [1.54, 1.807) is 11.8 Å². The quantitative estimate of drug-likeness (QED) is 0.740. The van der Waals surface area contributed by atoms with Crippen LogP contribution in [0.25, 0.3) is 0 Å². The van der Waals surface area contributed by atoms with Gasteiger partial charge in [0.15, 0.2) is 0 Å². The van der Waals surface area contributed by atoms with Gasteiger partial charge in [0.2, 0.25) is 0 Å². The van der Waals surface area contributed by atoms with Crippen molar-refractivity contribution in [2.45, 2.75) is 83.7 Å². The molecule has 1 saturated carbocycles. The Morgan fingerprint density at radius 2 is 1.90 bits per heavy atom. The number of carboxylic acid groups (broad SMARTS) is 1. The summed E-state index contributed by atoms with van der Waals surface area (Å²) in [5.41, 5.74) is 0. The molecule has 0 aromatic carbocycles. The van der Waals surface area contributed by atoms with Crippen molar-refractivity contribution in [3.63, 3.8) is 0 Å². The predicted octanol–water partition coefficient (Wildman–Crippen LogP) is 3.81. The van der Waals surface area contributed by atoms with E-state index in [0.29, 0.717) is 6.61 Å². The average Bonchev–Trinajstić information content (AvgIpc) is 2.45. The molecule has 1 aliphatic carbocycles. The standard InChI is InChI=1S/C16H29NO4/c1-3-5-9-14(12-15(18)19)17(16(20)21-4-2)13-10-7-6-8-11-13/h13-14H,3-12H2,1-2H3,(H,18,19). The third kappa shape index (κ3) is 5.94. The van der Waals surface area contributed by atoms with Crippen molar-refractivity contribution in [3.05, 3.63) is 0 Å². The number of carbonyl (C=O) groups is 2. The van der Waals surface area contributed by atoms with Crippen LogP contribution < -0.4 is 0 Å². The molecule has 0 saturated heterocycles. The van der Waals surface area contributed by atoms with E-state index in [2.05, 4.69) is 6.92 Å². The van der Waals surface area contributed by atoms with Crippen LogP contribution in [0.4, 0.5) is 4.79 Å². The van der Waals surface area contributed by atoms with Gasteiger partial charge in [-0.15, -0.1) is 0 Å². The Kier molecular flexibility index (Phi) is 8.16. The summed E-state index contributed by atoms with van der Waals surface area (Å²) in [6, 6.07) is -0.108. The van der Waals surface area contributed by atoms with Gasteiger partial charge in [-0.05, 0) is 26.2 Å². The lowest BCUT2D eigenvalue weighted by Crippen LogP contribution is -2.49. The number of unbranched alkanes of at least 4 members (excludes halogenated alkanes) is 1. The maximum Gasteiger partial charge on any atom is 0.410 e. The van der Waals surface area contributed by atoms with Gasteiger partial charge in [-0.25, -0.2) is 4.79 Å². The van der Waals surface area contributed by atoms with Gasteiger partial charge in [0.25, 0.3) is 0 Å². The van der Waals surface area contributed by atoms with Gasteiger partial charge in [-0.2, -0.15) is 0 Å². The van der Waals surface area contributed by atoms with E-state index in [0.717, 1.165) is 44.9 Å². The summed E-state index contributed by atoms with van der Waals surface area (Å²) in [5, 5.41) is 9.16. The molecule has 0 radical (unpaired) electrons.